The Morgan fingerprint density at radius 2 is 0.617 bits per heavy atom. The van der Waals surface area contributed by atoms with E-state index >= 15 is 0 Å². The molecular formula is C94H122N24O11P4. The number of H-pyrrole nitrogens is 4. The van der Waals surface area contributed by atoms with Gasteiger partial charge in [-0.3, -0.25) is 19.3 Å². The molecule has 39 heteroatoms. The first kappa shape index (κ1) is 93.1. The SMILES string of the molecule is COc1cc(P2(=O)CCN(C(C)=O)CC2)ccc1Nc1nc(NC(C)C)c2c(C)c[nH]c2n1.COc1cc(P2(=O)CCN(C(C)=O)CC2)ccc1Nc1nc(NC2CC2)c2c(C)c[nH]c2n1.COc1cc(P2(=O)CCN(C(C)=O)CC2)ccc1Nc1nc(NC2CCC2)c2c(C)c[nH]c2n1.COc1cc(P2(=O)CCN(C3CC3)CC2)ccc1Nc1nc(NC2CC2)c2c(C)c[nH]c2n1. The second kappa shape index (κ2) is 39.1. The highest BCUT2D eigenvalue weighted by atomic mass is 31.2. The molecule has 133 heavy (non-hydrogen) atoms. The number of aromatic amines is 4. The number of nitrogens with one attached hydrogen (secondary N) is 12. The summed E-state index contributed by atoms with van der Waals surface area (Å²) in [4.78, 5) is 93.1. The first-order chi connectivity index (χ1) is 63.9. The van der Waals surface area contributed by atoms with Crippen molar-refractivity contribution in [2.75, 3.05) is 173 Å². The molecule has 12 N–H and O–H groups in total. The fourth-order valence-electron chi connectivity index (χ4n) is 17.8. The summed E-state index contributed by atoms with van der Waals surface area (Å²) in [6.07, 6.45) is 23.0. The fraction of sp³-hybridized carbons (Fsp3) is 0.457. The molecule has 704 valence electrons. The maximum absolute atomic E-state index is 13.7. The van der Waals surface area contributed by atoms with Crippen LogP contribution in [0.3, 0.4) is 0 Å². The highest BCUT2D eigenvalue weighted by Gasteiger charge is 2.40. The molecule has 0 atom stereocenters. The van der Waals surface area contributed by atoms with Crippen LogP contribution in [0.5, 0.6) is 23.0 Å². The highest BCUT2D eigenvalue weighted by molar-refractivity contribution is 7.72. The van der Waals surface area contributed by atoms with Gasteiger partial charge in [-0.25, -0.2) is 0 Å². The minimum atomic E-state index is -2.59. The van der Waals surface area contributed by atoms with Crippen LogP contribution in [0.4, 0.5) is 69.8 Å². The van der Waals surface area contributed by atoms with Gasteiger partial charge in [0.1, 0.15) is 97.4 Å². The topological polar surface area (TPSA) is 432 Å². The van der Waals surface area contributed by atoms with Crippen molar-refractivity contribution in [3.63, 3.8) is 0 Å². The summed E-state index contributed by atoms with van der Waals surface area (Å²) in [6, 6.07) is 25.0. The number of rotatable bonds is 25. The van der Waals surface area contributed by atoms with Gasteiger partial charge in [0.05, 0.1) is 72.7 Å². The zero-order valence-corrected chi connectivity index (χ0v) is 81.5. The quantitative estimate of drug-likeness (QED) is 0.0236. The van der Waals surface area contributed by atoms with Crippen LogP contribution in [0.25, 0.3) is 44.1 Å². The van der Waals surface area contributed by atoms with Crippen LogP contribution in [-0.4, -0.2) is 257 Å². The first-order valence-corrected chi connectivity index (χ1v) is 54.4. The molecule has 0 spiro atoms. The molecule has 20 rings (SSSR count). The molecule has 4 aliphatic heterocycles. The van der Waals surface area contributed by atoms with Gasteiger partial charge in [0.2, 0.25) is 41.5 Å². The Morgan fingerprint density at radius 3 is 0.850 bits per heavy atom. The third kappa shape index (κ3) is 21.0. The molecule has 8 aromatic heterocycles. The molecule has 8 aliphatic rings. The van der Waals surface area contributed by atoms with Gasteiger partial charge in [-0.2, -0.15) is 39.9 Å². The number of nitrogens with zero attached hydrogens (tertiary/aromatic N) is 12. The summed E-state index contributed by atoms with van der Waals surface area (Å²) in [5.41, 5.74) is 10.3. The predicted octanol–water partition coefficient (Wildman–Crippen LogP) is 15.0. The molecule has 4 saturated heterocycles. The number of carbonyl (C=O) groups is 3. The van der Waals surface area contributed by atoms with E-state index in [1.165, 1.54) is 32.1 Å². The Balaban J connectivity index is 0.000000124. The number of aromatic nitrogens is 12. The number of amides is 3. The maximum Gasteiger partial charge on any atom is 0.231 e. The zero-order valence-electron chi connectivity index (χ0n) is 77.9. The largest absolute Gasteiger partial charge is 0.495 e. The lowest BCUT2D eigenvalue weighted by molar-refractivity contribution is -0.129. The summed E-state index contributed by atoms with van der Waals surface area (Å²) in [7, 11) is -3.72. The number of ether oxygens (including phenoxy) is 4. The number of aryl methyl sites for hydroxylation is 4. The Hall–Kier alpha value is -11.8. The van der Waals surface area contributed by atoms with Gasteiger partial charge >= 0.3 is 0 Å². The number of anilines is 12. The van der Waals surface area contributed by atoms with Crippen LogP contribution in [-0.2, 0) is 32.6 Å². The van der Waals surface area contributed by atoms with E-state index in [0.29, 0.717) is 158 Å². The summed E-state index contributed by atoms with van der Waals surface area (Å²) < 4.78 is 77.1. The Labute approximate surface area is 773 Å². The number of fused-ring (bicyclic) bond motifs is 4. The van der Waals surface area contributed by atoms with Crippen LogP contribution < -0.4 is 82.7 Å². The molecule has 4 aliphatic carbocycles. The number of hydrogen-bond donors (Lipinski definition) is 12. The van der Waals surface area contributed by atoms with E-state index in [2.05, 4.69) is 108 Å². The van der Waals surface area contributed by atoms with Crippen molar-refractivity contribution in [3.8, 4) is 23.0 Å². The van der Waals surface area contributed by atoms with Gasteiger partial charge in [-0.05, 0) is 194 Å². The van der Waals surface area contributed by atoms with E-state index in [1.54, 1.807) is 63.9 Å². The van der Waals surface area contributed by atoms with Crippen LogP contribution in [0, 0.1) is 27.7 Å². The summed E-state index contributed by atoms with van der Waals surface area (Å²) >= 11 is 0. The molecule has 12 aromatic rings. The third-order valence-corrected chi connectivity index (χ3v) is 38.8. The van der Waals surface area contributed by atoms with E-state index < -0.39 is 28.6 Å². The van der Waals surface area contributed by atoms with Crippen LogP contribution in [0.2, 0.25) is 0 Å². The second-order valence-corrected chi connectivity index (χ2v) is 49.2. The number of hydrogen-bond acceptors (Lipinski definition) is 28. The lowest BCUT2D eigenvalue weighted by atomic mass is 9.93. The average Bonchev–Trinajstić information content (AvgIpc) is 1.73. The van der Waals surface area contributed by atoms with Crippen molar-refractivity contribution in [1.29, 1.82) is 0 Å². The van der Waals surface area contributed by atoms with Gasteiger partial charge in [0, 0.05) is 199 Å². The van der Waals surface area contributed by atoms with Gasteiger partial charge in [-0.1, -0.05) is 0 Å². The number of benzene rings is 4. The Bertz CT molecular complexity index is 6360. The third-order valence-electron chi connectivity index (χ3n) is 26.5. The highest BCUT2D eigenvalue weighted by Crippen LogP contribution is 2.53. The van der Waals surface area contributed by atoms with Crippen molar-refractivity contribution in [3.05, 3.63) is 120 Å². The van der Waals surface area contributed by atoms with Crippen molar-refractivity contribution in [2.24, 2.45) is 0 Å². The van der Waals surface area contributed by atoms with Crippen LogP contribution in [0.1, 0.15) is 115 Å². The standard InChI is InChI=1S/C24H31N6O3P.C24H31N6O2P.C23H29N6O3P.C23H31N6O3P/c1-15-14-25-22-21(15)23(26-17-5-4-6-17)29-24(28-22)27-19-8-7-18(13-20(19)33-3)34(32)11-9-30(10-12-34)16(2)31;1-15-14-25-22-21(15)23(26-16-3-4-16)29-24(28-22)27-19-8-7-18(13-20(19)32-2)33(31)11-9-30(10-12-33)17-5-6-17;1-14-13-24-21-20(14)22(25-16-4-5-16)28-23(27-21)26-18-7-6-17(12-19(18)32-3)33(31)10-8-29(9-11-33)15(2)30;1-14(2)25-22-20-15(3)13-24-21(20)27-23(28-22)26-18-7-6-17(12-19(18)32-5)33(31)10-8-29(9-11-33)16(4)30/h7-8,13-14,17H,4-6,9-12H2,1-3H3,(H3,25,26,27,28,29);7-8,13-14,16-17H,3-6,9-12H2,1-2H3,(H3,25,26,27,28,29);6-7,12-13,16H,4-5,8-11H2,1-3H3,(H3,24,25,26,27,28);6-7,12-14H,8-11H2,1-5H3,(H3,24,25,26,27,28). The van der Waals surface area contributed by atoms with E-state index in [9.17, 15) is 32.6 Å². The van der Waals surface area contributed by atoms with Gasteiger partial charge < -0.3 is 114 Å². The molecule has 35 nitrogen and oxygen atoms in total. The monoisotopic (exact) mass is 1890 g/mol. The van der Waals surface area contributed by atoms with Crippen molar-refractivity contribution < 1.29 is 51.6 Å². The lowest BCUT2D eigenvalue weighted by Crippen LogP contribution is -2.39. The van der Waals surface area contributed by atoms with E-state index in [1.807, 2.05) is 118 Å². The fourth-order valence-corrected chi connectivity index (χ4v) is 28.1. The van der Waals surface area contributed by atoms with Crippen molar-refractivity contribution in [1.82, 2.24) is 79.4 Å². The second-order valence-electron chi connectivity index (χ2n) is 36.4. The molecule has 0 unspecified atom stereocenters. The summed E-state index contributed by atoms with van der Waals surface area (Å²) in [6.45, 7) is 22.0. The first-order valence-electron chi connectivity index (χ1n) is 46.1. The molecule has 8 fully saturated rings. The normalized spacial score (nSPS) is 18.0. The maximum atomic E-state index is 13.7. The molecule has 4 saturated carbocycles. The Morgan fingerprint density at radius 1 is 0.361 bits per heavy atom. The molecule has 0 radical (unpaired) electrons. The molecule has 0 bridgehead atoms. The van der Waals surface area contributed by atoms with Gasteiger partial charge in [0.15, 0.2) is 0 Å². The zero-order chi connectivity index (χ0) is 93.4. The lowest BCUT2D eigenvalue weighted by Gasteiger charge is -2.32. The minimum Gasteiger partial charge on any atom is -0.495 e. The van der Waals surface area contributed by atoms with Crippen molar-refractivity contribution in [2.45, 2.75) is 150 Å². The average molecular weight is 1890 g/mol. The molecular weight excluding hydrogens is 1770 g/mol. The predicted molar refractivity (Wildman–Crippen MR) is 532 cm³/mol. The smallest absolute Gasteiger partial charge is 0.231 e. The van der Waals surface area contributed by atoms with E-state index in [4.69, 9.17) is 38.9 Å². The van der Waals surface area contributed by atoms with Crippen LogP contribution >= 0.6 is 28.6 Å². The number of carbonyl (C=O) groups excluding carboxylic acids is 3. The van der Waals surface area contributed by atoms with Gasteiger partial charge in [-0.15, -0.1) is 0 Å². The molecule has 4 aromatic carbocycles. The molecule has 12 heterocycles. The van der Waals surface area contributed by atoms with Gasteiger partial charge in [0.25, 0.3) is 0 Å². The summed E-state index contributed by atoms with van der Waals surface area (Å²) in [5.74, 6) is 7.60. The van der Waals surface area contributed by atoms with E-state index in [-0.39, 0.29) is 23.8 Å². The Kier molecular flexibility index (Phi) is 27.3. The summed E-state index contributed by atoms with van der Waals surface area (Å²) in [5, 5.41) is 34.4. The number of methoxy groups -OCH3 is 4. The van der Waals surface area contributed by atoms with Crippen LogP contribution in [0.15, 0.2) is 97.6 Å². The van der Waals surface area contributed by atoms with Crippen molar-refractivity contribution >= 4 is 181 Å². The molecule has 3 amide bonds. The minimum absolute atomic E-state index is 0.0268. The van der Waals surface area contributed by atoms with E-state index in [0.717, 1.165) is 174 Å².